The van der Waals surface area contributed by atoms with E-state index >= 15 is 0 Å². The lowest BCUT2D eigenvalue weighted by Gasteiger charge is -2.29. The number of halogens is 1. The molecule has 112 valence electrons. The summed E-state index contributed by atoms with van der Waals surface area (Å²) in [5, 5.41) is 3.93. The normalized spacial score (nSPS) is 23.4. The quantitative estimate of drug-likeness (QED) is 0.895. The van der Waals surface area contributed by atoms with Crippen molar-refractivity contribution in [3.63, 3.8) is 0 Å². The second-order valence-electron chi connectivity index (χ2n) is 5.12. The zero-order valence-corrected chi connectivity index (χ0v) is 13.1. The van der Waals surface area contributed by atoms with Crippen LogP contribution in [0.15, 0.2) is 18.2 Å². The van der Waals surface area contributed by atoms with Gasteiger partial charge in [-0.3, -0.25) is 4.72 Å². The van der Waals surface area contributed by atoms with Gasteiger partial charge in [0.15, 0.2) is 0 Å². The average molecular weight is 319 g/mol. The first-order chi connectivity index (χ1) is 9.33. The van der Waals surface area contributed by atoms with Crippen molar-refractivity contribution < 1.29 is 13.2 Å². The molecule has 7 heteroatoms. The lowest BCUT2D eigenvalue weighted by Crippen LogP contribution is -2.32. The summed E-state index contributed by atoms with van der Waals surface area (Å²) in [7, 11) is -3.29. The Bertz CT molecular complexity index is 577. The first-order valence-corrected chi connectivity index (χ1v) is 8.76. The van der Waals surface area contributed by atoms with Crippen LogP contribution < -0.4 is 10.0 Å². The van der Waals surface area contributed by atoms with Gasteiger partial charge >= 0.3 is 0 Å². The van der Waals surface area contributed by atoms with Crippen molar-refractivity contribution in [1.82, 2.24) is 0 Å². The average Bonchev–Trinajstić information content (AvgIpc) is 2.32. The van der Waals surface area contributed by atoms with E-state index in [4.69, 9.17) is 16.3 Å². The Labute approximate surface area is 124 Å². The van der Waals surface area contributed by atoms with E-state index in [0.29, 0.717) is 10.7 Å². The van der Waals surface area contributed by atoms with E-state index in [9.17, 15) is 8.42 Å². The van der Waals surface area contributed by atoms with Crippen LogP contribution in [0.5, 0.6) is 0 Å². The summed E-state index contributed by atoms with van der Waals surface area (Å²) in [5.41, 5.74) is 1.24. The molecule has 2 N–H and O–H groups in total. The van der Waals surface area contributed by atoms with E-state index in [-0.39, 0.29) is 12.1 Å². The molecular weight excluding hydrogens is 300 g/mol. The number of nitrogens with one attached hydrogen (secondary N) is 2. The summed E-state index contributed by atoms with van der Waals surface area (Å²) in [6.07, 6.45) is 3.15. The van der Waals surface area contributed by atoms with Crippen molar-refractivity contribution in [3.8, 4) is 0 Å². The molecular formula is C13H19ClN2O3S. The maximum absolute atomic E-state index is 11.2. The summed E-state index contributed by atoms with van der Waals surface area (Å²) >= 11 is 6.15. The van der Waals surface area contributed by atoms with Crippen LogP contribution in [0, 0.1) is 0 Å². The summed E-state index contributed by atoms with van der Waals surface area (Å²) in [6.45, 7) is 2.76. The molecule has 1 saturated heterocycles. The number of benzene rings is 1. The minimum Gasteiger partial charge on any atom is -0.381 e. The third-order valence-electron chi connectivity index (χ3n) is 3.11. The van der Waals surface area contributed by atoms with E-state index < -0.39 is 10.0 Å². The van der Waals surface area contributed by atoms with Crippen LogP contribution >= 0.6 is 11.6 Å². The second kappa shape index (κ2) is 6.20. The van der Waals surface area contributed by atoms with Crippen LogP contribution in [0.1, 0.15) is 19.8 Å². The van der Waals surface area contributed by atoms with E-state index in [2.05, 4.69) is 10.0 Å². The highest BCUT2D eigenvalue weighted by Gasteiger charge is 2.20. The Balaban J connectivity index is 2.12. The van der Waals surface area contributed by atoms with Gasteiger partial charge in [0.1, 0.15) is 0 Å². The maximum atomic E-state index is 11.2. The summed E-state index contributed by atoms with van der Waals surface area (Å²) in [6, 6.07) is 5.31. The van der Waals surface area contributed by atoms with Crippen molar-refractivity contribution in [3.05, 3.63) is 23.2 Å². The van der Waals surface area contributed by atoms with Crippen LogP contribution in [0.4, 0.5) is 11.4 Å². The Morgan fingerprint density at radius 2 is 2.15 bits per heavy atom. The molecule has 1 aromatic rings. The zero-order chi connectivity index (χ0) is 14.8. The molecule has 0 spiro atoms. The first kappa shape index (κ1) is 15.4. The molecule has 0 radical (unpaired) electrons. The topological polar surface area (TPSA) is 67.4 Å². The molecule has 1 aliphatic heterocycles. The third kappa shape index (κ3) is 4.54. The predicted molar refractivity (Wildman–Crippen MR) is 82.0 cm³/mol. The molecule has 0 bridgehead atoms. The molecule has 1 heterocycles. The van der Waals surface area contributed by atoms with Crippen molar-refractivity contribution in [1.29, 1.82) is 0 Å². The predicted octanol–water partition coefficient (Wildman–Crippen LogP) is 2.69. The van der Waals surface area contributed by atoms with Gasteiger partial charge in [0, 0.05) is 12.6 Å². The van der Waals surface area contributed by atoms with Gasteiger partial charge in [0.25, 0.3) is 0 Å². The minimum absolute atomic E-state index is 0.220. The third-order valence-corrected chi connectivity index (χ3v) is 4.05. The number of sulfonamides is 1. The van der Waals surface area contributed by atoms with Crippen LogP contribution in [0.3, 0.4) is 0 Å². The largest absolute Gasteiger partial charge is 0.381 e. The Kier molecular flexibility index (Phi) is 4.78. The van der Waals surface area contributed by atoms with Crippen LogP contribution in [0.25, 0.3) is 0 Å². The second-order valence-corrected chi connectivity index (χ2v) is 7.27. The minimum atomic E-state index is -3.29. The molecule has 1 aliphatic rings. The number of hydrogen-bond donors (Lipinski definition) is 2. The van der Waals surface area contributed by atoms with Gasteiger partial charge in [-0.2, -0.15) is 0 Å². The molecule has 2 atom stereocenters. The molecule has 0 aliphatic carbocycles. The standard InChI is InChI=1S/C13H19ClN2O3S/c1-9-7-10(5-6-19-9)15-13-8-11(3-4-12(13)14)16-20(2,17)18/h3-4,8-10,15-16H,5-7H2,1-2H3. The van der Waals surface area contributed by atoms with Gasteiger partial charge in [0.2, 0.25) is 10.0 Å². The van der Waals surface area contributed by atoms with E-state index in [1.807, 2.05) is 6.92 Å². The van der Waals surface area contributed by atoms with Gasteiger partial charge in [-0.05, 0) is 38.0 Å². The molecule has 1 fully saturated rings. The number of anilines is 2. The molecule has 2 unspecified atom stereocenters. The van der Waals surface area contributed by atoms with Crippen molar-refractivity contribution in [2.24, 2.45) is 0 Å². The zero-order valence-electron chi connectivity index (χ0n) is 11.5. The number of rotatable bonds is 4. The maximum Gasteiger partial charge on any atom is 0.229 e. The highest BCUT2D eigenvalue weighted by atomic mass is 35.5. The lowest BCUT2D eigenvalue weighted by atomic mass is 10.0. The molecule has 1 aromatic carbocycles. The van der Waals surface area contributed by atoms with Crippen LogP contribution in [-0.4, -0.2) is 33.4 Å². The van der Waals surface area contributed by atoms with Crippen LogP contribution in [0.2, 0.25) is 5.02 Å². The molecule has 5 nitrogen and oxygen atoms in total. The highest BCUT2D eigenvalue weighted by Crippen LogP contribution is 2.28. The van der Waals surface area contributed by atoms with Gasteiger partial charge in [0.05, 0.1) is 28.8 Å². The molecule has 2 rings (SSSR count). The molecule has 20 heavy (non-hydrogen) atoms. The van der Waals surface area contributed by atoms with Gasteiger partial charge in [-0.15, -0.1) is 0 Å². The van der Waals surface area contributed by atoms with Crippen LogP contribution in [-0.2, 0) is 14.8 Å². The van der Waals surface area contributed by atoms with Crippen molar-refractivity contribution in [2.45, 2.75) is 31.9 Å². The van der Waals surface area contributed by atoms with Gasteiger partial charge in [-0.1, -0.05) is 11.6 Å². The molecule has 0 saturated carbocycles. The van der Waals surface area contributed by atoms with Crippen molar-refractivity contribution in [2.75, 3.05) is 22.9 Å². The lowest BCUT2D eigenvalue weighted by molar-refractivity contribution is 0.0232. The molecule has 0 amide bonds. The van der Waals surface area contributed by atoms with Gasteiger partial charge < -0.3 is 10.1 Å². The van der Waals surface area contributed by atoms with Crippen molar-refractivity contribution >= 4 is 33.0 Å². The number of ether oxygens (including phenoxy) is 1. The fourth-order valence-corrected chi connectivity index (χ4v) is 2.99. The highest BCUT2D eigenvalue weighted by molar-refractivity contribution is 7.92. The SMILES string of the molecule is CC1CC(Nc2cc(NS(C)(=O)=O)ccc2Cl)CCO1. The van der Waals surface area contributed by atoms with E-state index in [0.717, 1.165) is 31.4 Å². The fourth-order valence-electron chi connectivity index (χ4n) is 2.26. The number of hydrogen-bond acceptors (Lipinski definition) is 4. The Morgan fingerprint density at radius 3 is 2.80 bits per heavy atom. The van der Waals surface area contributed by atoms with Gasteiger partial charge in [-0.25, -0.2) is 8.42 Å². The monoisotopic (exact) mass is 318 g/mol. The summed E-state index contributed by atoms with van der Waals surface area (Å²) < 4.78 is 30.4. The van der Waals surface area contributed by atoms with E-state index in [1.165, 1.54) is 0 Å². The molecule has 0 aromatic heterocycles. The summed E-state index contributed by atoms with van der Waals surface area (Å²) in [4.78, 5) is 0. The first-order valence-electron chi connectivity index (χ1n) is 6.49. The van der Waals surface area contributed by atoms with E-state index in [1.54, 1.807) is 18.2 Å². The Morgan fingerprint density at radius 1 is 1.40 bits per heavy atom. The summed E-state index contributed by atoms with van der Waals surface area (Å²) in [5.74, 6) is 0. The fraction of sp³-hybridized carbons (Fsp3) is 0.538. The Hall–Kier alpha value is -0.980. The smallest absolute Gasteiger partial charge is 0.229 e.